The van der Waals surface area contributed by atoms with E-state index in [-0.39, 0.29) is 0 Å². The van der Waals surface area contributed by atoms with Gasteiger partial charge in [-0.05, 0) is 43.3 Å². The van der Waals surface area contributed by atoms with Gasteiger partial charge in [0.05, 0.1) is 6.61 Å². The van der Waals surface area contributed by atoms with Gasteiger partial charge in [-0.1, -0.05) is 26.0 Å². The molecule has 3 heteroatoms. The van der Waals surface area contributed by atoms with E-state index < -0.39 is 0 Å². The maximum absolute atomic E-state index is 5.75. The van der Waals surface area contributed by atoms with Crippen molar-refractivity contribution < 1.29 is 4.74 Å². The smallest absolute Gasteiger partial charge is 0.119 e. The Hall–Kier alpha value is -0.670. The maximum Gasteiger partial charge on any atom is 0.119 e. The summed E-state index contributed by atoms with van der Waals surface area (Å²) in [6.45, 7) is 8.40. The van der Waals surface area contributed by atoms with E-state index in [1.165, 1.54) is 5.56 Å². The van der Waals surface area contributed by atoms with Crippen molar-refractivity contribution >= 4 is 11.8 Å². The van der Waals surface area contributed by atoms with Crippen molar-refractivity contribution in [1.82, 2.24) is 5.32 Å². The van der Waals surface area contributed by atoms with Crippen LogP contribution in [0.4, 0.5) is 0 Å². The van der Waals surface area contributed by atoms with Crippen molar-refractivity contribution in [1.29, 1.82) is 0 Å². The lowest BCUT2D eigenvalue weighted by molar-refractivity contribution is 0.343. The van der Waals surface area contributed by atoms with Crippen LogP contribution in [0.15, 0.2) is 24.3 Å². The molecule has 0 aromatic heterocycles. The molecule has 0 amide bonds. The largest absolute Gasteiger partial charge is 0.493 e. The lowest BCUT2D eigenvalue weighted by Gasteiger charge is -2.15. The molecule has 0 saturated heterocycles. The highest BCUT2D eigenvalue weighted by Gasteiger charge is 2.05. The van der Waals surface area contributed by atoms with Crippen molar-refractivity contribution in [2.75, 3.05) is 24.7 Å². The van der Waals surface area contributed by atoms with E-state index in [4.69, 9.17) is 4.74 Å². The second kappa shape index (κ2) is 9.29. The van der Waals surface area contributed by atoms with Gasteiger partial charge in [0.15, 0.2) is 0 Å². The Bertz CT molecular complexity index is 330. The molecule has 0 heterocycles. The van der Waals surface area contributed by atoms with E-state index in [1.807, 2.05) is 17.8 Å². The molecule has 0 bridgehead atoms. The summed E-state index contributed by atoms with van der Waals surface area (Å²) in [7, 11) is 0. The molecule has 0 fully saturated rings. The van der Waals surface area contributed by atoms with Crippen LogP contribution in [0.1, 0.15) is 38.8 Å². The fourth-order valence-electron chi connectivity index (χ4n) is 1.72. The summed E-state index contributed by atoms with van der Waals surface area (Å²) in [5, 5.41) is 3.49. The summed E-state index contributed by atoms with van der Waals surface area (Å²) >= 11 is 1.91. The highest BCUT2D eigenvalue weighted by atomic mass is 32.2. The van der Waals surface area contributed by atoms with Crippen LogP contribution in [0.25, 0.3) is 0 Å². The average molecular weight is 267 g/mol. The van der Waals surface area contributed by atoms with E-state index in [0.29, 0.717) is 6.04 Å². The predicted octanol–water partition coefficient (Wildman–Crippen LogP) is 3.88. The molecule has 1 unspecified atom stereocenters. The van der Waals surface area contributed by atoms with Gasteiger partial charge in [-0.2, -0.15) is 11.8 Å². The third-order valence-electron chi connectivity index (χ3n) is 2.76. The predicted molar refractivity (Wildman–Crippen MR) is 81.6 cm³/mol. The molecule has 0 aliphatic heterocycles. The van der Waals surface area contributed by atoms with E-state index in [1.54, 1.807) is 0 Å². The van der Waals surface area contributed by atoms with Gasteiger partial charge in [-0.25, -0.2) is 0 Å². The Balaban J connectivity index is 2.45. The van der Waals surface area contributed by atoms with Crippen LogP contribution in [0, 0.1) is 0 Å². The lowest BCUT2D eigenvalue weighted by atomic mass is 10.1. The molecule has 0 spiro atoms. The van der Waals surface area contributed by atoms with Crippen molar-refractivity contribution in [2.24, 2.45) is 0 Å². The maximum atomic E-state index is 5.75. The first-order chi connectivity index (χ1) is 8.77. The first-order valence-corrected chi connectivity index (χ1v) is 7.97. The van der Waals surface area contributed by atoms with Gasteiger partial charge in [0, 0.05) is 11.8 Å². The van der Waals surface area contributed by atoms with E-state index in [2.05, 4.69) is 44.3 Å². The van der Waals surface area contributed by atoms with Crippen molar-refractivity contribution in [2.45, 2.75) is 33.2 Å². The topological polar surface area (TPSA) is 21.3 Å². The van der Waals surface area contributed by atoms with Crippen LogP contribution in [-0.2, 0) is 0 Å². The Kier molecular flexibility index (Phi) is 7.94. The molecule has 0 aliphatic rings. The van der Waals surface area contributed by atoms with Gasteiger partial charge >= 0.3 is 0 Å². The van der Waals surface area contributed by atoms with Crippen LogP contribution in [0.5, 0.6) is 5.75 Å². The minimum atomic E-state index is 0.388. The minimum absolute atomic E-state index is 0.388. The van der Waals surface area contributed by atoms with Gasteiger partial charge in [0.2, 0.25) is 0 Å². The van der Waals surface area contributed by atoms with Crippen LogP contribution in [-0.4, -0.2) is 24.7 Å². The molecule has 2 nitrogen and oxygen atoms in total. The molecule has 0 saturated carbocycles. The summed E-state index contributed by atoms with van der Waals surface area (Å²) in [6.07, 6.45) is 1.16. The first kappa shape index (κ1) is 15.4. The summed E-state index contributed by atoms with van der Waals surface area (Å²) in [6, 6.07) is 8.79. The van der Waals surface area contributed by atoms with Crippen LogP contribution in [0.2, 0.25) is 0 Å². The zero-order valence-corrected chi connectivity index (χ0v) is 12.6. The van der Waals surface area contributed by atoms with E-state index >= 15 is 0 Å². The molecule has 102 valence electrons. The Labute approximate surface area is 116 Å². The van der Waals surface area contributed by atoms with E-state index in [9.17, 15) is 0 Å². The molecular formula is C15H25NOS. The lowest BCUT2D eigenvalue weighted by Crippen LogP contribution is -2.19. The summed E-state index contributed by atoms with van der Waals surface area (Å²) in [5.41, 5.74) is 1.30. The number of hydrogen-bond acceptors (Lipinski definition) is 3. The van der Waals surface area contributed by atoms with Gasteiger partial charge in [0.25, 0.3) is 0 Å². The van der Waals surface area contributed by atoms with Gasteiger partial charge in [-0.15, -0.1) is 0 Å². The zero-order chi connectivity index (χ0) is 13.2. The first-order valence-electron chi connectivity index (χ1n) is 6.81. The minimum Gasteiger partial charge on any atom is -0.493 e. The van der Waals surface area contributed by atoms with Crippen molar-refractivity contribution in [3.8, 4) is 5.75 Å². The summed E-state index contributed by atoms with van der Waals surface area (Å²) < 4.78 is 5.75. The number of ether oxygens (including phenoxy) is 1. The van der Waals surface area contributed by atoms with Crippen LogP contribution >= 0.6 is 11.8 Å². The second-order valence-corrected chi connectivity index (χ2v) is 5.69. The molecule has 1 N–H and O–H groups in total. The van der Waals surface area contributed by atoms with Crippen molar-refractivity contribution in [3.63, 3.8) is 0 Å². The molecule has 1 rings (SSSR count). The molecule has 18 heavy (non-hydrogen) atoms. The Morgan fingerprint density at radius 2 is 2.17 bits per heavy atom. The molecular weight excluding hydrogens is 242 g/mol. The zero-order valence-electron chi connectivity index (χ0n) is 11.7. The monoisotopic (exact) mass is 267 g/mol. The molecule has 1 aromatic carbocycles. The number of nitrogens with one attached hydrogen (secondary N) is 1. The quantitative estimate of drug-likeness (QED) is 0.686. The Morgan fingerprint density at radius 3 is 2.89 bits per heavy atom. The molecule has 1 atom stereocenters. The SMILES string of the molecule is CCCNC(C)c1cccc(OCCSCC)c1. The third-order valence-corrected chi connectivity index (χ3v) is 3.62. The van der Waals surface area contributed by atoms with Crippen LogP contribution in [0.3, 0.4) is 0 Å². The summed E-state index contributed by atoms with van der Waals surface area (Å²) in [4.78, 5) is 0. The highest BCUT2D eigenvalue weighted by molar-refractivity contribution is 7.99. The second-order valence-electron chi connectivity index (χ2n) is 4.29. The molecule has 0 radical (unpaired) electrons. The fraction of sp³-hybridized carbons (Fsp3) is 0.600. The van der Waals surface area contributed by atoms with E-state index in [0.717, 1.165) is 36.8 Å². The number of benzene rings is 1. The summed E-state index contributed by atoms with van der Waals surface area (Å²) in [5.74, 6) is 3.19. The van der Waals surface area contributed by atoms with Gasteiger partial charge < -0.3 is 10.1 Å². The average Bonchev–Trinajstić information content (AvgIpc) is 2.41. The molecule has 0 aliphatic carbocycles. The number of thioether (sulfide) groups is 1. The normalized spacial score (nSPS) is 12.4. The van der Waals surface area contributed by atoms with Gasteiger partial charge in [0.1, 0.15) is 5.75 Å². The number of rotatable bonds is 9. The highest BCUT2D eigenvalue weighted by Crippen LogP contribution is 2.19. The van der Waals surface area contributed by atoms with Crippen molar-refractivity contribution in [3.05, 3.63) is 29.8 Å². The third kappa shape index (κ3) is 5.78. The number of hydrogen-bond donors (Lipinski definition) is 1. The molecule has 1 aromatic rings. The fourth-order valence-corrected chi connectivity index (χ4v) is 2.21. The standard InChI is InChI=1S/C15H25NOS/c1-4-9-16-13(3)14-7-6-8-15(12-14)17-10-11-18-5-2/h6-8,12-13,16H,4-5,9-11H2,1-3H3. The van der Waals surface area contributed by atoms with Gasteiger partial charge in [-0.3, -0.25) is 0 Å². The van der Waals surface area contributed by atoms with Crippen LogP contribution < -0.4 is 10.1 Å². The Morgan fingerprint density at radius 1 is 1.33 bits per heavy atom.